The van der Waals surface area contributed by atoms with Crippen molar-refractivity contribution in [2.75, 3.05) is 26.2 Å². The fourth-order valence-electron chi connectivity index (χ4n) is 4.62. The predicted molar refractivity (Wildman–Crippen MR) is 98.2 cm³/mol. The van der Waals surface area contributed by atoms with Gasteiger partial charge >= 0.3 is 0 Å². The van der Waals surface area contributed by atoms with Crippen LogP contribution in [0.5, 0.6) is 0 Å². The minimum Gasteiger partial charge on any atom is -0.369 e. The van der Waals surface area contributed by atoms with Gasteiger partial charge in [0, 0.05) is 38.6 Å². The molecule has 2 heterocycles. The van der Waals surface area contributed by atoms with Crippen molar-refractivity contribution in [1.29, 1.82) is 0 Å². The van der Waals surface area contributed by atoms with Crippen molar-refractivity contribution < 1.29 is 9.53 Å². The Kier molecular flexibility index (Phi) is 4.83. The molecule has 1 aliphatic carbocycles. The fraction of sp³-hybridized carbons (Fsp3) is 0.667. The zero-order valence-corrected chi connectivity index (χ0v) is 15.3. The molecule has 3 fully saturated rings. The van der Waals surface area contributed by atoms with E-state index in [1.54, 1.807) is 0 Å². The molecule has 1 aromatic rings. The van der Waals surface area contributed by atoms with Crippen molar-refractivity contribution in [3.05, 3.63) is 35.9 Å². The average Bonchev–Trinajstić information content (AvgIpc) is 2.54. The average molecular weight is 342 g/mol. The quantitative estimate of drug-likeness (QED) is 0.846. The number of benzene rings is 1. The van der Waals surface area contributed by atoms with Crippen LogP contribution in [0.2, 0.25) is 0 Å². The summed E-state index contributed by atoms with van der Waals surface area (Å²) in [5.41, 5.74) is 1.30. The van der Waals surface area contributed by atoms with Gasteiger partial charge in [-0.25, -0.2) is 0 Å². The van der Waals surface area contributed by atoms with Crippen LogP contribution in [0, 0.1) is 5.92 Å². The molecule has 4 nitrogen and oxygen atoms in total. The standard InChI is InChI=1S/C21H30N2O2/c1-17-14-22(15-18-6-3-2-4-7-18)16-21(25-17)10-12-23(13-11-21)20(24)19-8-5-9-19/h2-4,6-7,17,19H,5,8-16H2,1H3. The number of carbonyl (C=O) groups is 1. The van der Waals surface area contributed by atoms with Crippen molar-refractivity contribution in [3.63, 3.8) is 0 Å². The molecule has 4 heteroatoms. The van der Waals surface area contributed by atoms with E-state index >= 15 is 0 Å². The first-order valence-corrected chi connectivity index (χ1v) is 9.86. The number of hydrogen-bond donors (Lipinski definition) is 0. The molecule has 1 atom stereocenters. The van der Waals surface area contributed by atoms with Crippen LogP contribution in [0.25, 0.3) is 0 Å². The summed E-state index contributed by atoms with van der Waals surface area (Å²) in [5, 5.41) is 0. The highest BCUT2D eigenvalue weighted by atomic mass is 16.5. The van der Waals surface area contributed by atoms with Crippen molar-refractivity contribution in [2.24, 2.45) is 5.92 Å². The van der Waals surface area contributed by atoms with Gasteiger partial charge in [-0.1, -0.05) is 36.8 Å². The van der Waals surface area contributed by atoms with Crippen LogP contribution in [-0.4, -0.2) is 53.6 Å². The number of nitrogens with zero attached hydrogens (tertiary/aromatic N) is 2. The Morgan fingerprint density at radius 3 is 2.56 bits per heavy atom. The van der Waals surface area contributed by atoms with E-state index in [9.17, 15) is 4.79 Å². The van der Waals surface area contributed by atoms with Crippen LogP contribution in [0.4, 0.5) is 0 Å². The summed E-state index contributed by atoms with van der Waals surface area (Å²) in [6, 6.07) is 10.7. The number of morpholine rings is 1. The van der Waals surface area contributed by atoms with Crippen LogP contribution >= 0.6 is 0 Å². The molecule has 4 rings (SSSR count). The number of carbonyl (C=O) groups excluding carboxylic acids is 1. The number of likely N-dealkylation sites (tertiary alicyclic amines) is 1. The monoisotopic (exact) mass is 342 g/mol. The second kappa shape index (κ2) is 7.08. The Labute approximate surface area is 151 Å². The lowest BCUT2D eigenvalue weighted by Crippen LogP contribution is -2.59. The third kappa shape index (κ3) is 3.75. The molecule has 1 aromatic carbocycles. The van der Waals surface area contributed by atoms with Gasteiger partial charge in [0.15, 0.2) is 0 Å². The highest BCUT2D eigenvalue weighted by Gasteiger charge is 2.43. The summed E-state index contributed by atoms with van der Waals surface area (Å²) in [4.78, 5) is 17.1. The second-order valence-electron chi connectivity index (χ2n) is 8.22. The van der Waals surface area contributed by atoms with Gasteiger partial charge in [-0.05, 0) is 38.2 Å². The largest absolute Gasteiger partial charge is 0.369 e. The SMILES string of the molecule is CC1CN(Cc2ccccc2)CC2(CCN(C(=O)C3CCC3)CC2)O1. The number of ether oxygens (including phenoxy) is 1. The molecule has 1 saturated carbocycles. The Hall–Kier alpha value is -1.39. The first-order valence-electron chi connectivity index (χ1n) is 9.86. The van der Waals surface area contributed by atoms with Gasteiger partial charge < -0.3 is 9.64 Å². The van der Waals surface area contributed by atoms with E-state index in [1.165, 1.54) is 12.0 Å². The van der Waals surface area contributed by atoms with Crippen LogP contribution in [0.15, 0.2) is 30.3 Å². The molecule has 2 aliphatic heterocycles. The molecule has 1 spiro atoms. The van der Waals surface area contributed by atoms with Crippen LogP contribution in [0.1, 0.15) is 44.6 Å². The van der Waals surface area contributed by atoms with Gasteiger partial charge in [0.25, 0.3) is 0 Å². The summed E-state index contributed by atoms with van der Waals surface area (Å²) in [6.07, 6.45) is 5.62. The fourth-order valence-corrected chi connectivity index (χ4v) is 4.62. The minimum atomic E-state index is -0.0666. The van der Waals surface area contributed by atoms with E-state index in [4.69, 9.17) is 4.74 Å². The van der Waals surface area contributed by atoms with Gasteiger partial charge in [0.1, 0.15) is 0 Å². The second-order valence-corrected chi connectivity index (χ2v) is 8.22. The number of hydrogen-bond acceptors (Lipinski definition) is 3. The maximum atomic E-state index is 12.5. The smallest absolute Gasteiger partial charge is 0.225 e. The Balaban J connectivity index is 1.37. The zero-order chi connectivity index (χ0) is 17.3. The van der Waals surface area contributed by atoms with Gasteiger partial charge in [-0.15, -0.1) is 0 Å². The number of amides is 1. The minimum absolute atomic E-state index is 0.0666. The van der Waals surface area contributed by atoms with E-state index < -0.39 is 0 Å². The van der Waals surface area contributed by atoms with Gasteiger partial charge in [0.2, 0.25) is 5.91 Å². The third-order valence-corrected chi connectivity index (χ3v) is 6.17. The van der Waals surface area contributed by atoms with E-state index in [-0.39, 0.29) is 11.7 Å². The van der Waals surface area contributed by atoms with Crippen molar-refractivity contribution in [1.82, 2.24) is 9.80 Å². The highest BCUT2D eigenvalue weighted by Crippen LogP contribution is 2.35. The van der Waals surface area contributed by atoms with Crippen LogP contribution in [0.3, 0.4) is 0 Å². The molecule has 136 valence electrons. The number of rotatable bonds is 3. The lowest BCUT2D eigenvalue weighted by atomic mass is 9.82. The van der Waals surface area contributed by atoms with E-state index in [2.05, 4.69) is 47.1 Å². The van der Waals surface area contributed by atoms with E-state index in [0.717, 1.165) is 58.4 Å². The topological polar surface area (TPSA) is 32.8 Å². The van der Waals surface area contributed by atoms with E-state index in [1.807, 2.05) is 0 Å². The van der Waals surface area contributed by atoms with Crippen molar-refractivity contribution in [2.45, 2.75) is 57.3 Å². The summed E-state index contributed by atoms with van der Waals surface area (Å²) < 4.78 is 6.43. The Morgan fingerprint density at radius 1 is 1.20 bits per heavy atom. The van der Waals surface area contributed by atoms with Crippen LogP contribution in [-0.2, 0) is 16.1 Å². The maximum absolute atomic E-state index is 12.5. The molecule has 3 aliphatic rings. The molecule has 0 bridgehead atoms. The molecule has 0 N–H and O–H groups in total. The normalized spacial score (nSPS) is 27.2. The molecule has 0 aromatic heterocycles. The molecule has 25 heavy (non-hydrogen) atoms. The zero-order valence-electron chi connectivity index (χ0n) is 15.3. The first-order chi connectivity index (χ1) is 12.1. The molecule has 1 unspecified atom stereocenters. The summed E-state index contributed by atoms with van der Waals surface area (Å²) >= 11 is 0. The van der Waals surface area contributed by atoms with Crippen molar-refractivity contribution >= 4 is 5.91 Å². The van der Waals surface area contributed by atoms with Gasteiger partial charge in [-0.3, -0.25) is 9.69 Å². The van der Waals surface area contributed by atoms with Crippen molar-refractivity contribution in [3.8, 4) is 0 Å². The lowest BCUT2D eigenvalue weighted by Gasteiger charge is -2.50. The number of piperidine rings is 1. The van der Waals surface area contributed by atoms with E-state index in [0.29, 0.717) is 11.8 Å². The molecule has 0 radical (unpaired) electrons. The summed E-state index contributed by atoms with van der Waals surface area (Å²) in [6.45, 7) is 6.87. The summed E-state index contributed by atoms with van der Waals surface area (Å²) in [7, 11) is 0. The highest BCUT2D eigenvalue weighted by molar-refractivity contribution is 5.79. The van der Waals surface area contributed by atoms with Gasteiger partial charge in [0.05, 0.1) is 11.7 Å². The lowest BCUT2D eigenvalue weighted by molar-refractivity contribution is -0.176. The summed E-state index contributed by atoms with van der Waals surface area (Å²) in [5.74, 6) is 0.709. The molecule has 1 amide bonds. The molecular formula is C21H30N2O2. The van der Waals surface area contributed by atoms with Gasteiger partial charge in [-0.2, -0.15) is 0 Å². The third-order valence-electron chi connectivity index (χ3n) is 6.17. The Bertz CT molecular complexity index is 591. The Morgan fingerprint density at radius 2 is 1.92 bits per heavy atom. The molecule has 2 saturated heterocycles. The van der Waals surface area contributed by atoms with Crippen LogP contribution < -0.4 is 0 Å². The molecular weight excluding hydrogens is 312 g/mol. The maximum Gasteiger partial charge on any atom is 0.225 e. The predicted octanol–water partition coefficient (Wildman–Crippen LogP) is 3.07. The first kappa shape index (κ1) is 17.0.